The Labute approximate surface area is 122 Å². The molecule has 3 nitrogen and oxygen atoms in total. The summed E-state index contributed by atoms with van der Waals surface area (Å²) in [7, 11) is 0. The Kier molecular flexibility index (Phi) is 5.91. The van der Waals surface area contributed by atoms with Gasteiger partial charge in [0.25, 0.3) is 0 Å². The molecule has 2 aromatic rings. The van der Waals surface area contributed by atoms with Gasteiger partial charge in [-0.15, -0.1) is 16.8 Å². The lowest BCUT2D eigenvalue weighted by molar-refractivity contribution is 0.929. The van der Waals surface area contributed by atoms with Gasteiger partial charge in [0.2, 0.25) is 5.13 Å². The average Bonchev–Trinajstić information content (AvgIpc) is 2.90. The molecule has 0 spiro atoms. The summed E-state index contributed by atoms with van der Waals surface area (Å²) in [6, 6.07) is 10.6. The summed E-state index contributed by atoms with van der Waals surface area (Å²) < 4.78 is 1.03. The molecule has 0 radical (unpaired) electrons. The van der Waals surface area contributed by atoms with Gasteiger partial charge < -0.3 is 5.32 Å². The molecule has 0 aliphatic rings. The Balaban J connectivity index is 1.68. The van der Waals surface area contributed by atoms with Crippen LogP contribution in [-0.4, -0.2) is 22.5 Å². The number of benzene rings is 1. The van der Waals surface area contributed by atoms with E-state index < -0.39 is 0 Å². The molecule has 100 valence electrons. The van der Waals surface area contributed by atoms with Crippen molar-refractivity contribution in [3.63, 3.8) is 0 Å². The summed E-state index contributed by atoms with van der Waals surface area (Å²) in [6.45, 7) is 4.39. The molecular weight excluding hydrogens is 274 g/mol. The van der Waals surface area contributed by atoms with Gasteiger partial charge in [-0.1, -0.05) is 59.5 Å². The van der Waals surface area contributed by atoms with Crippen LogP contribution in [0.4, 0.5) is 5.13 Å². The largest absolute Gasteiger partial charge is 0.357 e. The lowest BCUT2D eigenvalue weighted by Gasteiger charge is -1.99. The molecule has 1 aromatic heterocycles. The van der Waals surface area contributed by atoms with Crippen molar-refractivity contribution in [2.24, 2.45) is 0 Å². The quantitative estimate of drug-likeness (QED) is 0.455. The van der Waals surface area contributed by atoms with E-state index in [9.17, 15) is 0 Å². The predicted octanol–water partition coefficient (Wildman–Crippen LogP) is 3.86. The molecule has 0 aliphatic heterocycles. The normalized spacial score (nSPS) is 10.3. The zero-order chi connectivity index (χ0) is 13.3. The van der Waals surface area contributed by atoms with Crippen LogP contribution in [0, 0.1) is 0 Å². The molecule has 0 saturated carbocycles. The minimum Gasteiger partial charge on any atom is -0.357 e. The molecular formula is C14H17N3S2. The maximum absolute atomic E-state index is 4.15. The van der Waals surface area contributed by atoms with Crippen molar-refractivity contribution >= 4 is 28.2 Å². The number of aryl methyl sites for hydroxylation is 1. The summed E-state index contributed by atoms with van der Waals surface area (Å²) in [5, 5.41) is 12.2. The molecule has 5 heteroatoms. The second-order valence-electron chi connectivity index (χ2n) is 3.98. The highest BCUT2D eigenvalue weighted by atomic mass is 32.2. The monoisotopic (exact) mass is 291 g/mol. The third-order valence-electron chi connectivity index (χ3n) is 2.48. The van der Waals surface area contributed by atoms with Crippen molar-refractivity contribution in [3.8, 4) is 0 Å². The molecule has 0 atom stereocenters. The number of anilines is 1. The van der Waals surface area contributed by atoms with E-state index in [0.29, 0.717) is 0 Å². The van der Waals surface area contributed by atoms with Gasteiger partial charge in [0.1, 0.15) is 0 Å². The Hall–Kier alpha value is -1.33. The van der Waals surface area contributed by atoms with Crippen molar-refractivity contribution in [1.82, 2.24) is 10.2 Å². The molecule has 1 heterocycles. The lowest BCUT2D eigenvalue weighted by atomic mass is 10.1. The fraction of sp³-hybridized carbons (Fsp3) is 0.286. The maximum Gasteiger partial charge on any atom is 0.206 e. The van der Waals surface area contributed by atoms with Gasteiger partial charge in [-0.05, 0) is 18.4 Å². The molecule has 0 saturated heterocycles. The highest BCUT2D eigenvalue weighted by Crippen LogP contribution is 2.26. The first kappa shape index (κ1) is 14.1. The zero-order valence-corrected chi connectivity index (χ0v) is 12.3. The number of nitrogens with zero attached hydrogens (tertiary/aromatic N) is 2. The number of aromatic nitrogens is 2. The standard InChI is InChI=1S/C14H17N3S2/c1-2-10-15-13-16-17-14(19-13)18-11-6-9-12-7-4-3-5-8-12/h2-5,7-8H,1,6,9-11H2,(H,15,16). The van der Waals surface area contributed by atoms with Crippen molar-refractivity contribution in [1.29, 1.82) is 0 Å². The second-order valence-corrected chi connectivity index (χ2v) is 6.30. The van der Waals surface area contributed by atoms with Crippen LogP contribution in [0.3, 0.4) is 0 Å². The van der Waals surface area contributed by atoms with E-state index in [1.165, 1.54) is 5.56 Å². The van der Waals surface area contributed by atoms with E-state index in [1.807, 2.05) is 6.08 Å². The molecule has 19 heavy (non-hydrogen) atoms. The Bertz CT molecular complexity index is 496. The SMILES string of the molecule is C=CCNc1nnc(SCCCc2ccccc2)s1. The minimum absolute atomic E-state index is 0.729. The van der Waals surface area contributed by atoms with E-state index in [0.717, 1.165) is 34.6 Å². The highest BCUT2D eigenvalue weighted by Gasteiger charge is 2.03. The van der Waals surface area contributed by atoms with E-state index in [-0.39, 0.29) is 0 Å². The van der Waals surface area contributed by atoms with Crippen molar-refractivity contribution in [2.75, 3.05) is 17.6 Å². The van der Waals surface area contributed by atoms with Crippen molar-refractivity contribution < 1.29 is 0 Å². The van der Waals surface area contributed by atoms with Gasteiger partial charge in [0, 0.05) is 12.3 Å². The van der Waals surface area contributed by atoms with Crippen LogP contribution in [0.1, 0.15) is 12.0 Å². The van der Waals surface area contributed by atoms with Crippen molar-refractivity contribution in [3.05, 3.63) is 48.6 Å². The molecule has 0 amide bonds. The van der Waals surface area contributed by atoms with E-state index in [1.54, 1.807) is 23.1 Å². The molecule has 2 rings (SSSR count). The minimum atomic E-state index is 0.729. The van der Waals surface area contributed by atoms with Crippen LogP contribution in [-0.2, 0) is 6.42 Å². The average molecular weight is 291 g/mol. The van der Waals surface area contributed by atoms with Crippen LogP contribution in [0.25, 0.3) is 0 Å². The third kappa shape index (κ3) is 5.04. The lowest BCUT2D eigenvalue weighted by Crippen LogP contribution is -1.96. The Morgan fingerprint density at radius 2 is 2.11 bits per heavy atom. The maximum atomic E-state index is 4.15. The summed E-state index contributed by atoms with van der Waals surface area (Å²) in [4.78, 5) is 0. The van der Waals surface area contributed by atoms with Gasteiger partial charge in [-0.25, -0.2) is 0 Å². The van der Waals surface area contributed by atoms with Gasteiger partial charge in [-0.2, -0.15) is 0 Å². The van der Waals surface area contributed by atoms with Crippen LogP contribution in [0.15, 0.2) is 47.3 Å². The van der Waals surface area contributed by atoms with Crippen LogP contribution < -0.4 is 5.32 Å². The highest BCUT2D eigenvalue weighted by molar-refractivity contribution is 8.01. The summed E-state index contributed by atoms with van der Waals surface area (Å²) in [5.41, 5.74) is 1.40. The van der Waals surface area contributed by atoms with Gasteiger partial charge in [0.05, 0.1) is 0 Å². The number of hydrogen-bond acceptors (Lipinski definition) is 5. The van der Waals surface area contributed by atoms with Crippen LogP contribution in [0.5, 0.6) is 0 Å². The van der Waals surface area contributed by atoms with Crippen LogP contribution >= 0.6 is 23.1 Å². The van der Waals surface area contributed by atoms with E-state index in [4.69, 9.17) is 0 Å². The summed E-state index contributed by atoms with van der Waals surface area (Å²) >= 11 is 3.37. The molecule has 0 fully saturated rings. The fourth-order valence-electron chi connectivity index (χ4n) is 1.58. The topological polar surface area (TPSA) is 37.8 Å². The summed E-state index contributed by atoms with van der Waals surface area (Å²) in [5.74, 6) is 1.07. The number of rotatable bonds is 8. The first-order valence-corrected chi connectivity index (χ1v) is 8.03. The van der Waals surface area contributed by atoms with E-state index in [2.05, 4.69) is 52.4 Å². The molecule has 0 aliphatic carbocycles. The molecule has 0 bridgehead atoms. The number of thioether (sulfide) groups is 1. The Morgan fingerprint density at radius 1 is 1.26 bits per heavy atom. The fourth-order valence-corrected chi connectivity index (χ4v) is 3.35. The van der Waals surface area contributed by atoms with Crippen molar-refractivity contribution in [2.45, 2.75) is 17.2 Å². The van der Waals surface area contributed by atoms with Crippen LogP contribution in [0.2, 0.25) is 0 Å². The Morgan fingerprint density at radius 3 is 2.89 bits per heavy atom. The number of hydrogen-bond donors (Lipinski definition) is 1. The number of nitrogens with one attached hydrogen (secondary N) is 1. The predicted molar refractivity (Wildman–Crippen MR) is 84.1 cm³/mol. The van der Waals surface area contributed by atoms with E-state index >= 15 is 0 Å². The molecule has 1 aromatic carbocycles. The smallest absolute Gasteiger partial charge is 0.206 e. The summed E-state index contributed by atoms with van der Waals surface area (Å²) in [6.07, 6.45) is 4.09. The molecule has 1 N–H and O–H groups in total. The second kappa shape index (κ2) is 7.96. The van der Waals surface area contributed by atoms with Gasteiger partial charge in [-0.3, -0.25) is 0 Å². The molecule has 0 unspecified atom stereocenters. The third-order valence-corrected chi connectivity index (χ3v) is 4.58. The zero-order valence-electron chi connectivity index (χ0n) is 10.7. The first-order chi connectivity index (χ1) is 9.38. The van der Waals surface area contributed by atoms with Gasteiger partial charge in [0.15, 0.2) is 4.34 Å². The first-order valence-electron chi connectivity index (χ1n) is 6.23. The van der Waals surface area contributed by atoms with Gasteiger partial charge >= 0.3 is 0 Å².